The summed E-state index contributed by atoms with van der Waals surface area (Å²) in [5, 5.41) is 9.44. The van der Waals surface area contributed by atoms with Crippen LogP contribution in [0.4, 0.5) is 5.69 Å². The molecule has 0 atom stereocenters. The standard InChI is InChI=1S/C17H14BrNO8S/c1-25-17(22)11-6-9(18)2-3-15(11)28(23,24)19-12-8-14-13(26-4-5-27-14)7-10(12)16(20)21/h2-3,6-8,19H,4-5H2,1H3,(H,20,21). The van der Waals surface area contributed by atoms with Crippen molar-refractivity contribution in [2.75, 3.05) is 25.0 Å². The number of rotatable bonds is 5. The first kappa shape index (κ1) is 20.0. The third-order valence-electron chi connectivity index (χ3n) is 3.79. The molecule has 28 heavy (non-hydrogen) atoms. The number of fused-ring (bicyclic) bond motifs is 1. The van der Waals surface area contributed by atoms with E-state index in [0.29, 0.717) is 4.47 Å². The molecule has 0 radical (unpaired) electrons. The Hall–Kier alpha value is -2.79. The zero-order chi connectivity index (χ0) is 20.5. The molecule has 0 saturated carbocycles. The first-order valence-corrected chi connectivity index (χ1v) is 10.1. The second kappa shape index (κ2) is 7.68. The molecule has 0 spiro atoms. The van der Waals surface area contributed by atoms with Gasteiger partial charge in [0, 0.05) is 16.6 Å². The van der Waals surface area contributed by atoms with Crippen LogP contribution in [0.2, 0.25) is 0 Å². The van der Waals surface area contributed by atoms with Gasteiger partial charge in [0.15, 0.2) is 11.5 Å². The smallest absolute Gasteiger partial charge is 0.339 e. The molecule has 2 aromatic carbocycles. The Morgan fingerprint density at radius 2 is 1.75 bits per heavy atom. The van der Waals surface area contributed by atoms with Crippen molar-refractivity contribution in [3.05, 3.63) is 45.9 Å². The predicted octanol–water partition coefficient (Wildman–Crippen LogP) is 2.51. The van der Waals surface area contributed by atoms with Gasteiger partial charge >= 0.3 is 11.9 Å². The van der Waals surface area contributed by atoms with E-state index in [4.69, 9.17) is 9.47 Å². The highest BCUT2D eigenvalue weighted by Gasteiger charge is 2.27. The maximum absolute atomic E-state index is 12.9. The number of halogens is 1. The van der Waals surface area contributed by atoms with Crippen LogP contribution in [-0.2, 0) is 14.8 Å². The van der Waals surface area contributed by atoms with E-state index in [1.54, 1.807) is 0 Å². The molecule has 11 heteroatoms. The Morgan fingerprint density at radius 3 is 2.36 bits per heavy atom. The van der Waals surface area contributed by atoms with Gasteiger partial charge in [-0.05, 0) is 18.2 Å². The molecule has 0 amide bonds. The number of aromatic carboxylic acids is 1. The van der Waals surface area contributed by atoms with E-state index < -0.39 is 22.0 Å². The molecule has 1 heterocycles. The first-order chi connectivity index (χ1) is 13.2. The lowest BCUT2D eigenvalue weighted by molar-refractivity contribution is 0.0595. The van der Waals surface area contributed by atoms with Gasteiger partial charge in [-0.3, -0.25) is 4.72 Å². The van der Waals surface area contributed by atoms with Crippen molar-refractivity contribution in [3.63, 3.8) is 0 Å². The van der Waals surface area contributed by atoms with Crippen molar-refractivity contribution in [3.8, 4) is 11.5 Å². The summed E-state index contributed by atoms with van der Waals surface area (Å²) < 4.78 is 43.8. The number of carbonyl (C=O) groups excluding carboxylic acids is 1. The van der Waals surface area contributed by atoms with Gasteiger partial charge in [-0.1, -0.05) is 15.9 Å². The number of carbonyl (C=O) groups is 2. The van der Waals surface area contributed by atoms with Crippen molar-refractivity contribution in [2.24, 2.45) is 0 Å². The number of hydrogen-bond acceptors (Lipinski definition) is 7. The quantitative estimate of drug-likeness (QED) is 0.636. The average molecular weight is 472 g/mol. The summed E-state index contributed by atoms with van der Waals surface area (Å²) in [5.41, 5.74) is -0.765. The molecule has 2 aromatic rings. The average Bonchev–Trinajstić information content (AvgIpc) is 2.66. The van der Waals surface area contributed by atoms with E-state index >= 15 is 0 Å². The van der Waals surface area contributed by atoms with Gasteiger partial charge in [0.1, 0.15) is 18.1 Å². The van der Waals surface area contributed by atoms with Crippen molar-refractivity contribution < 1.29 is 37.3 Å². The number of nitrogens with one attached hydrogen (secondary N) is 1. The van der Waals surface area contributed by atoms with E-state index in [0.717, 1.165) is 7.11 Å². The number of anilines is 1. The molecule has 0 aromatic heterocycles. The number of esters is 1. The number of benzene rings is 2. The number of ether oxygens (including phenoxy) is 3. The fourth-order valence-electron chi connectivity index (χ4n) is 2.56. The molecule has 1 aliphatic rings. The highest BCUT2D eigenvalue weighted by atomic mass is 79.9. The third-order valence-corrected chi connectivity index (χ3v) is 5.71. The fourth-order valence-corrected chi connectivity index (χ4v) is 4.16. The molecule has 0 aliphatic carbocycles. The third kappa shape index (κ3) is 3.90. The number of hydrogen-bond donors (Lipinski definition) is 2. The number of sulfonamides is 1. The SMILES string of the molecule is COC(=O)c1cc(Br)ccc1S(=O)(=O)Nc1cc2c(cc1C(=O)O)OCCO2. The second-order valence-corrected chi connectivity index (χ2v) is 8.15. The summed E-state index contributed by atoms with van der Waals surface area (Å²) in [6.45, 7) is 0.489. The van der Waals surface area contributed by atoms with Crippen LogP contribution in [-0.4, -0.2) is 45.8 Å². The topological polar surface area (TPSA) is 128 Å². The van der Waals surface area contributed by atoms with Crippen molar-refractivity contribution in [2.45, 2.75) is 4.90 Å². The van der Waals surface area contributed by atoms with Gasteiger partial charge in [-0.15, -0.1) is 0 Å². The lowest BCUT2D eigenvalue weighted by Crippen LogP contribution is -2.20. The zero-order valence-electron chi connectivity index (χ0n) is 14.4. The van der Waals surface area contributed by atoms with Gasteiger partial charge in [0.25, 0.3) is 10.0 Å². The van der Waals surface area contributed by atoms with E-state index in [1.165, 1.54) is 30.3 Å². The van der Waals surface area contributed by atoms with Crippen molar-refractivity contribution >= 4 is 43.6 Å². The normalized spacial score (nSPS) is 12.9. The van der Waals surface area contributed by atoms with Crippen LogP contribution in [0.15, 0.2) is 39.7 Å². The Kier molecular flexibility index (Phi) is 5.47. The summed E-state index contributed by atoms with van der Waals surface area (Å²) in [6, 6.07) is 6.34. The van der Waals surface area contributed by atoms with Crippen LogP contribution in [0, 0.1) is 0 Å². The Balaban J connectivity index is 2.09. The minimum atomic E-state index is -4.33. The van der Waals surface area contributed by atoms with Gasteiger partial charge in [0.2, 0.25) is 0 Å². The van der Waals surface area contributed by atoms with Crippen LogP contribution in [0.1, 0.15) is 20.7 Å². The summed E-state index contributed by atoms with van der Waals surface area (Å²) in [6.07, 6.45) is 0. The van der Waals surface area contributed by atoms with Crippen LogP contribution in [0.25, 0.3) is 0 Å². The Labute approximate surface area is 168 Å². The molecular weight excluding hydrogens is 458 g/mol. The largest absolute Gasteiger partial charge is 0.486 e. The van der Waals surface area contributed by atoms with Crippen molar-refractivity contribution in [1.29, 1.82) is 0 Å². The van der Waals surface area contributed by atoms with Gasteiger partial charge < -0.3 is 19.3 Å². The molecule has 0 unspecified atom stereocenters. The highest BCUT2D eigenvalue weighted by Crippen LogP contribution is 2.36. The molecule has 9 nitrogen and oxygen atoms in total. The monoisotopic (exact) mass is 471 g/mol. The van der Waals surface area contributed by atoms with E-state index in [1.807, 2.05) is 0 Å². The zero-order valence-corrected chi connectivity index (χ0v) is 16.8. The number of carboxylic acids is 1. The fraction of sp³-hybridized carbons (Fsp3) is 0.176. The lowest BCUT2D eigenvalue weighted by atomic mass is 10.1. The number of carboxylic acid groups (broad SMARTS) is 1. The van der Waals surface area contributed by atoms with Crippen molar-refractivity contribution in [1.82, 2.24) is 0 Å². The molecule has 3 rings (SSSR count). The molecule has 148 valence electrons. The van der Waals surface area contributed by atoms with Crippen LogP contribution < -0.4 is 14.2 Å². The minimum Gasteiger partial charge on any atom is -0.486 e. The molecule has 0 saturated heterocycles. The molecule has 0 fully saturated rings. The summed E-state index contributed by atoms with van der Waals surface area (Å²) in [5.74, 6) is -1.82. The Morgan fingerprint density at radius 1 is 1.11 bits per heavy atom. The van der Waals surface area contributed by atoms with Crippen LogP contribution in [0.3, 0.4) is 0 Å². The summed E-state index contributed by atoms with van der Waals surface area (Å²) >= 11 is 3.17. The van der Waals surface area contributed by atoms with Crippen LogP contribution >= 0.6 is 15.9 Å². The molecular formula is C17H14BrNO8S. The van der Waals surface area contributed by atoms with E-state index in [2.05, 4.69) is 25.4 Å². The second-order valence-electron chi connectivity index (χ2n) is 5.58. The maximum Gasteiger partial charge on any atom is 0.339 e. The van der Waals surface area contributed by atoms with Gasteiger partial charge in [-0.25, -0.2) is 18.0 Å². The summed E-state index contributed by atoms with van der Waals surface area (Å²) in [4.78, 5) is 23.2. The first-order valence-electron chi connectivity index (χ1n) is 7.80. The molecule has 0 bridgehead atoms. The van der Waals surface area contributed by atoms with E-state index in [9.17, 15) is 23.1 Å². The van der Waals surface area contributed by atoms with E-state index in [-0.39, 0.29) is 46.4 Å². The van der Waals surface area contributed by atoms with Gasteiger partial charge in [-0.2, -0.15) is 0 Å². The summed E-state index contributed by atoms with van der Waals surface area (Å²) in [7, 11) is -3.21. The molecule has 2 N–H and O–H groups in total. The maximum atomic E-state index is 12.9. The predicted molar refractivity (Wildman–Crippen MR) is 101 cm³/mol. The minimum absolute atomic E-state index is 0.200. The molecule has 1 aliphatic heterocycles. The number of methoxy groups -OCH3 is 1. The van der Waals surface area contributed by atoms with Gasteiger partial charge in [0.05, 0.1) is 23.9 Å². The lowest BCUT2D eigenvalue weighted by Gasteiger charge is -2.21. The highest BCUT2D eigenvalue weighted by molar-refractivity contribution is 9.10. The Bertz CT molecular complexity index is 1070. The van der Waals surface area contributed by atoms with Crippen LogP contribution in [0.5, 0.6) is 11.5 Å².